The summed E-state index contributed by atoms with van der Waals surface area (Å²) in [6.45, 7) is 3.02. The van der Waals surface area contributed by atoms with Crippen molar-refractivity contribution in [2.45, 2.75) is 43.9 Å². The molecule has 3 nitrogen and oxygen atoms in total. The van der Waals surface area contributed by atoms with Crippen molar-refractivity contribution >= 4 is 5.91 Å². The topological polar surface area (TPSA) is 29.5 Å². The number of benzene rings is 1. The number of hydrogen-bond donors (Lipinski definition) is 0. The molecule has 3 fully saturated rings. The van der Waals surface area contributed by atoms with Gasteiger partial charge in [0.25, 0.3) is 0 Å². The first-order chi connectivity index (χ1) is 11.7. The number of hydrogen-bond acceptors (Lipinski definition) is 2. The van der Waals surface area contributed by atoms with E-state index in [0.29, 0.717) is 37.9 Å². The summed E-state index contributed by atoms with van der Waals surface area (Å²) in [4.78, 5) is 15.6. The summed E-state index contributed by atoms with van der Waals surface area (Å²) >= 11 is 0. The van der Waals surface area contributed by atoms with Crippen molar-refractivity contribution in [2.75, 3.05) is 26.3 Å². The predicted molar refractivity (Wildman–Crippen MR) is 90.2 cm³/mol. The number of ether oxygens (including phenoxy) is 1. The number of amides is 1. The smallest absolute Gasteiger partial charge is 0.233 e. The first-order valence-corrected chi connectivity index (χ1v) is 9.32. The van der Waals surface area contributed by atoms with Crippen LogP contribution in [0.2, 0.25) is 0 Å². The molecule has 4 heteroatoms. The van der Waals surface area contributed by atoms with Crippen LogP contribution in [0.15, 0.2) is 24.3 Å². The highest BCUT2D eigenvalue weighted by Crippen LogP contribution is 2.41. The van der Waals surface area contributed by atoms with Crippen molar-refractivity contribution in [1.82, 2.24) is 4.90 Å². The highest BCUT2D eigenvalue weighted by atomic mass is 19.1. The number of fused-ring (bicyclic) bond motifs is 1. The molecule has 1 saturated carbocycles. The van der Waals surface area contributed by atoms with Gasteiger partial charge in [0, 0.05) is 26.3 Å². The van der Waals surface area contributed by atoms with Gasteiger partial charge in [-0.15, -0.1) is 0 Å². The van der Waals surface area contributed by atoms with Crippen LogP contribution in [0.4, 0.5) is 4.39 Å². The van der Waals surface area contributed by atoms with E-state index in [1.807, 2.05) is 0 Å². The van der Waals surface area contributed by atoms with Gasteiger partial charge in [-0.1, -0.05) is 25.0 Å². The van der Waals surface area contributed by atoms with E-state index in [2.05, 4.69) is 4.90 Å². The number of carbonyl (C=O) groups is 1. The fraction of sp³-hybridized carbons (Fsp3) is 0.650. The Kier molecular flexibility index (Phi) is 4.33. The van der Waals surface area contributed by atoms with Crippen molar-refractivity contribution in [2.24, 2.45) is 11.8 Å². The van der Waals surface area contributed by atoms with Crippen molar-refractivity contribution in [3.05, 3.63) is 35.6 Å². The van der Waals surface area contributed by atoms with E-state index in [-0.39, 0.29) is 11.7 Å². The Bertz CT molecular complexity index is 580. The molecule has 2 saturated heterocycles. The van der Waals surface area contributed by atoms with Crippen LogP contribution in [-0.4, -0.2) is 37.1 Å². The molecule has 1 amide bonds. The number of halogens is 1. The molecule has 4 rings (SSSR count). The molecule has 2 heterocycles. The molecule has 0 spiro atoms. The molecule has 2 aliphatic heterocycles. The van der Waals surface area contributed by atoms with Gasteiger partial charge in [-0.05, 0) is 55.2 Å². The van der Waals surface area contributed by atoms with E-state index in [1.54, 1.807) is 12.1 Å². The standard InChI is InChI=1S/C20H26FNO2/c21-18-7-5-17(6-8-18)20(9-11-24-12-10-20)19(23)22-13-15-3-1-2-4-16(15)14-22/h5-8,15-16H,1-4,9-14H2/t15-,16+. The molecular weight excluding hydrogens is 305 g/mol. The van der Waals surface area contributed by atoms with E-state index in [4.69, 9.17) is 4.74 Å². The maximum Gasteiger partial charge on any atom is 0.233 e. The normalized spacial score (nSPS) is 29.3. The summed E-state index contributed by atoms with van der Waals surface area (Å²) in [5.74, 6) is 1.37. The predicted octanol–water partition coefficient (Wildman–Crippen LogP) is 3.52. The zero-order valence-corrected chi connectivity index (χ0v) is 14.2. The van der Waals surface area contributed by atoms with Crippen LogP contribution in [0, 0.1) is 17.7 Å². The molecule has 1 aliphatic carbocycles. The van der Waals surface area contributed by atoms with Gasteiger partial charge in [-0.25, -0.2) is 4.39 Å². The van der Waals surface area contributed by atoms with E-state index in [1.165, 1.54) is 37.8 Å². The Balaban J connectivity index is 1.61. The van der Waals surface area contributed by atoms with Crippen LogP contribution < -0.4 is 0 Å². The number of nitrogens with zero attached hydrogens (tertiary/aromatic N) is 1. The van der Waals surface area contributed by atoms with E-state index >= 15 is 0 Å². The lowest BCUT2D eigenvalue weighted by Gasteiger charge is -2.39. The third-order valence-corrected chi connectivity index (χ3v) is 6.42. The Morgan fingerprint density at radius 1 is 1.04 bits per heavy atom. The Morgan fingerprint density at radius 3 is 2.21 bits per heavy atom. The molecule has 1 aromatic carbocycles. The lowest BCUT2D eigenvalue weighted by molar-refractivity contribution is -0.140. The van der Waals surface area contributed by atoms with Gasteiger partial charge in [-0.2, -0.15) is 0 Å². The molecule has 0 bridgehead atoms. The third-order valence-electron chi connectivity index (χ3n) is 6.42. The van der Waals surface area contributed by atoms with E-state index in [0.717, 1.165) is 18.7 Å². The van der Waals surface area contributed by atoms with Crippen LogP contribution >= 0.6 is 0 Å². The Labute approximate surface area is 143 Å². The molecule has 24 heavy (non-hydrogen) atoms. The zero-order valence-electron chi connectivity index (χ0n) is 14.2. The fourth-order valence-corrected chi connectivity index (χ4v) is 4.99. The van der Waals surface area contributed by atoms with Gasteiger partial charge in [0.15, 0.2) is 0 Å². The third kappa shape index (κ3) is 2.75. The second-order valence-corrected chi connectivity index (χ2v) is 7.72. The summed E-state index contributed by atoms with van der Waals surface area (Å²) in [6.07, 6.45) is 6.54. The molecule has 3 aliphatic rings. The largest absolute Gasteiger partial charge is 0.381 e. The molecule has 0 radical (unpaired) electrons. The van der Waals surface area contributed by atoms with Crippen LogP contribution in [-0.2, 0) is 14.9 Å². The summed E-state index contributed by atoms with van der Waals surface area (Å²) in [5, 5.41) is 0. The highest BCUT2D eigenvalue weighted by molar-refractivity contribution is 5.88. The molecule has 0 unspecified atom stereocenters. The maximum absolute atomic E-state index is 13.5. The molecule has 0 aromatic heterocycles. The summed E-state index contributed by atoms with van der Waals surface area (Å²) in [5.41, 5.74) is 0.423. The van der Waals surface area contributed by atoms with Crippen molar-refractivity contribution < 1.29 is 13.9 Å². The number of rotatable bonds is 2. The average molecular weight is 331 g/mol. The van der Waals surface area contributed by atoms with E-state index in [9.17, 15) is 9.18 Å². The summed E-state index contributed by atoms with van der Waals surface area (Å²) in [7, 11) is 0. The molecule has 2 atom stereocenters. The average Bonchev–Trinajstić information content (AvgIpc) is 3.06. The van der Waals surface area contributed by atoms with Gasteiger partial charge in [0.05, 0.1) is 5.41 Å². The number of likely N-dealkylation sites (tertiary alicyclic amines) is 1. The van der Waals surface area contributed by atoms with Crippen molar-refractivity contribution in [1.29, 1.82) is 0 Å². The second-order valence-electron chi connectivity index (χ2n) is 7.72. The molecule has 1 aromatic rings. The Hall–Kier alpha value is -1.42. The second kappa shape index (κ2) is 6.47. The SMILES string of the molecule is O=C(N1C[C@H]2CCCC[C@H]2C1)C1(c2ccc(F)cc2)CCOCC1. The van der Waals surface area contributed by atoms with Crippen LogP contribution in [0.5, 0.6) is 0 Å². The van der Waals surface area contributed by atoms with Gasteiger partial charge in [-0.3, -0.25) is 4.79 Å². The quantitative estimate of drug-likeness (QED) is 0.830. The van der Waals surface area contributed by atoms with E-state index < -0.39 is 5.41 Å². The van der Waals surface area contributed by atoms with Gasteiger partial charge in [0.2, 0.25) is 5.91 Å². The Morgan fingerprint density at radius 2 is 1.62 bits per heavy atom. The molecule has 0 N–H and O–H groups in total. The minimum Gasteiger partial charge on any atom is -0.381 e. The van der Waals surface area contributed by atoms with Crippen LogP contribution in [0.1, 0.15) is 44.1 Å². The first-order valence-electron chi connectivity index (χ1n) is 9.32. The minimum absolute atomic E-state index is 0.242. The van der Waals surface area contributed by atoms with Crippen molar-refractivity contribution in [3.8, 4) is 0 Å². The van der Waals surface area contributed by atoms with Crippen LogP contribution in [0.3, 0.4) is 0 Å². The lowest BCUT2D eigenvalue weighted by Crippen LogP contribution is -2.49. The summed E-state index contributed by atoms with van der Waals surface area (Å²) in [6, 6.07) is 6.54. The van der Waals surface area contributed by atoms with Crippen LogP contribution in [0.25, 0.3) is 0 Å². The van der Waals surface area contributed by atoms with Crippen molar-refractivity contribution in [3.63, 3.8) is 0 Å². The monoisotopic (exact) mass is 331 g/mol. The first kappa shape index (κ1) is 16.1. The lowest BCUT2D eigenvalue weighted by atomic mass is 9.73. The molecular formula is C20H26FNO2. The minimum atomic E-state index is -0.528. The summed E-state index contributed by atoms with van der Waals surface area (Å²) < 4.78 is 18.9. The zero-order chi connectivity index (χ0) is 16.6. The molecule has 130 valence electrons. The van der Waals surface area contributed by atoms with Gasteiger partial charge < -0.3 is 9.64 Å². The van der Waals surface area contributed by atoms with Gasteiger partial charge in [0.1, 0.15) is 5.82 Å². The highest BCUT2D eigenvalue weighted by Gasteiger charge is 2.47. The maximum atomic E-state index is 13.5. The fourth-order valence-electron chi connectivity index (χ4n) is 4.99. The number of carbonyl (C=O) groups excluding carboxylic acids is 1. The van der Waals surface area contributed by atoms with Gasteiger partial charge >= 0.3 is 0 Å².